The minimum atomic E-state index is -3.56. The summed E-state index contributed by atoms with van der Waals surface area (Å²) in [5.41, 5.74) is 0.0954. The van der Waals surface area contributed by atoms with Crippen LogP contribution in [0.2, 0.25) is 0 Å². The zero-order valence-corrected chi connectivity index (χ0v) is 19.1. The van der Waals surface area contributed by atoms with Crippen molar-refractivity contribution in [1.29, 1.82) is 0 Å². The lowest BCUT2D eigenvalue weighted by atomic mass is 10.2. The molecule has 0 aliphatic carbocycles. The van der Waals surface area contributed by atoms with Gasteiger partial charge in [0.2, 0.25) is 5.91 Å². The number of aliphatic imine (C=N–C) groups is 1. The fourth-order valence-electron chi connectivity index (χ4n) is 2.76. The monoisotopic (exact) mass is 427 g/mol. The third-order valence-electron chi connectivity index (χ3n) is 4.38. The third-order valence-corrected chi connectivity index (χ3v) is 6.67. The molecule has 0 saturated heterocycles. The van der Waals surface area contributed by atoms with Crippen molar-refractivity contribution < 1.29 is 18.0 Å². The molecule has 0 radical (unpaired) electrons. The van der Waals surface area contributed by atoms with Gasteiger partial charge in [-0.05, 0) is 32.3 Å². The highest BCUT2D eigenvalue weighted by atomic mass is 32.2. The standard InChI is InChI=1S/C21H37N3O4S/c1-6-10-14-23-21(26)19(24-20(25)17(5)13-15-22-9-4)16-29(27,28)18(11-7-2)12-8-3/h9,13,15,18-19H,5-8,10-12,14,16H2,1-4H3,(H,23,26)(H,24,25)/b15-13-,22-9?/t19-/m1/s1. The van der Waals surface area contributed by atoms with Crippen molar-refractivity contribution >= 4 is 27.9 Å². The maximum atomic E-state index is 12.9. The van der Waals surface area contributed by atoms with E-state index in [0.717, 1.165) is 25.7 Å². The molecule has 0 spiro atoms. The highest BCUT2D eigenvalue weighted by Crippen LogP contribution is 2.17. The third kappa shape index (κ3) is 11.0. The van der Waals surface area contributed by atoms with Crippen LogP contribution in [0.15, 0.2) is 29.4 Å². The number of amides is 2. The molecule has 7 nitrogen and oxygen atoms in total. The van der Waals surface area contributed by atoms with Crippen molar-refractivity contribution in [2.75, 3.05) is 12.3 Å². The average molecular weight is 428 g/mol. The summed E-state index contributed by atoms with van der Waals surface area (Å²) in [6.07, 6.45) is 8.60. The molecule has 0 bridgehead atoms. The minimum absolute atomic E-state index is 0.0954. The summed E-state index contributed by atoms with van der Waals surface area (Å²) in [4.78, 5) is 28.9. The van der Waals surface area contributed by atoms with E-state index in [9.17, 15) is 18.0 Å². The number of hydrogen-bond donors (Lipinski definition) is 2. The molecule has 0 aromatic rings. The summed E-state index contributed by atoms with van der Waals surface area (Å²) in [5.74, 6) is -1.52. The highest BCUT2D eigenvalue weighted by Gasteiger charge is 2.32. The molecule has 29 heavy (non-hydrogen) atoms. The summed E-state index contributed by atoms with van der Waals surface area (Å²) >= 11 is 0. The first-order chi connectivity index (χ1) is 13.7. The molecule has 2 amide bonds. The first-order valence-corrected chi connectivity index (χ1v) is 12.1. The number of nitrogens with zero attached hydrogens (tertiary/aromatic N) is 1. The van der Waals surface area contributed by atoms with Crippen molar-refractivity contribution in [2.24, 2.45) is 4.99 Å². The van der Waals surface area contributed by atoms with Gasteiger partial charge in [0.15, 0.2) is 9.84 Å². The van der Waals surface area contributed by atoms with Crippen LogP contribution in [0.4, 0.5) is 0 Å². The Bertz CT molecular complexity index is 678. The van der Waals surface area contributed by atoms with E-state index in [1.807, 2.05) is 20.8 Å². The van der Waals surface area contributed by atoms with Crippen LogP contribution in [0.1, 0.15) is 66.2 Å². The number of hydrogen-bond acceptors (Lipinski definition) is 5. The molecule has 1 atom stereocenters. The van der Waals surface area contributed by atoms with Gasteiger partial charge in [0.1, 0.15) is 6.04 Å². The van der Waals surface area contributed by atoms with Crippen LogP contribution in [-0.2, 0) is 19.4 Å². The molecule has 0 heterocycles. The smallest absolute Gasteiger partial charge is 0.251 e. The Morgan fingerprint density at radius 2 is 1.72 bits per heavy atom. The molecule has 0 aliphatic heterocycles. The van der Waals surface area contributed by atoms with Gasteiger partial charge in [0.25, 0.3) is 5.91 Å². The van der Waals surface area contributed by atoms with E-state index in [2.05, 4.69) is 22.2 Å². The summed E-state index contributed by atoms with van der Waals surface area (Å²) in [7, 11) is -3.56. The van der Waals surface area contributed by atoms with Crippen LogP contribution >= 0.6 is 0 Å². The number of carbonyl (C=O) groups is 2. The average Bonchev–Trinajstić information content (AvgIpc) is 2.67. The molecule has 0 fully saturated rings. The fourth-order valence-corrected chi connectivity index (χ4v) is 4.92. The molecule has 0 saturated carbocycles. The van der Waals surface area contributed by atoms with E-state index < -0.39 is 38.7 Å². The van der Waals surface area contributed by atoms with Crippen LogP contribution in [0.3, 0.4) is 0 Å². The Hall–Kier alpha value is -1.96. The first kappa shape index (κ1) is 27.0. The van der Waals surface area contributed by atoms with E-state index in [4.69, 9.17) is 0 Å². The number of rotatable bonds is 15. The van der Waals surface area contributed by atoms with E-state index in [1.54, 1.807) is 13.1 Å². The van der Waals surface area contributed by atoms with Gasteiger partial charge in [-0.25, -0.2) is 8.42 Å². The van der Waals surface area contributed by atoms with Gasteiger partial charge in [-0.3, -0.25) is 14.6 Å². The SMILES string of the molecule is C=C(/C=C\N=CC)C(=O)N[C@H](CS(=O)(=O)C(CCC)CCC)C(=O)NCCCC. The molecule has 0 unspecified atom stereocenters. The number of nitrogens with one attached hydrogen (secondary N) is 2. The normalized spacial score (nSPS) is 13.1. The number of sulfone groups is 1. The van der Waals surface area contributed by atoms with Crippen molar-refractivity contribution in [3.63, 3.8) is 0 Å². The molecule has 8 heteroatoms. The number of carbonyl (C=O) groups excluding carboxylic acids is 2. The second-order valence-electron chi connectivity index (χ2n) is 6.95. The van der Waals surface area contributed by atoms with Gasteiger partial charge >= 0.3 is 0 Å². The maximum absolute atomic E-state index is 12.9. The maximum Gasteiger partial charge on any atom is 0.251 e. The van der Waals surface area contributed by atoms with E-state index in [-0.39, 0.29) is 5.57 Å². The van der Waals surface area contributed by atoms with Gasteiger partial charge in [-0.15, -0.1) is 0 Å². The molecule has 2 N–H and O–H groups in total. The van der Waals surface area contributed by atoms with Crippen LogP contribution in [-0.4, -0.2) is 50.0 Å². The summed E-state index contributed by atoms with van der Waals surface area (Å²) in [6.45, 7) is 11.7. The Morgan fingerprint density at radius 1 is 1.10 bits per heavy atom. The predicted octanol–water partition coefficient (Wildman–Crippen LogP) is 2.93. The van der Waals surface area contributed by atoms with Gasteiger partial charge in [0, 0.05) is 24.5 Å². The lowest BCUT2D eigenvalue weighted by Crippen LogP contribution is -2.51. The fraction of sp³-hybridized carbons (Fsp3) is 0.667. The Balaban J connectivity index is 5.44. The quantitative estimate of drug-likeness (QED) is 0.181. The van der Waals surface area contributed by atoms with E-state index >= 15 is 0 Å². The van der Waals surface area contributed by atoms with Crippen LogP contribution in [0.5, 0.6) is 0 Å². The van der Waals surface area contributed by atoms with Crippen molar-refractivity contribution in [1.82, 2.24) is 10.6 Å². The van der Waals surface area contributed by atoms with Gasteiger partial charge in [-0.2, -0.15) is 0 Å². The molecular formula is C21H37N3O4S. The van der Waals surface area contributed by atoms with Gasteiger partial charge in [-0.1, -0.05) is 46.6 Å². The summed E-state index contributed by atoms with van der Waals surface area (Å²) < 4.78 is 25.9. The molecular weight excluding hydrogens is 390 g/mol. The summed E-state index contributed by atoms with van der Waals surface area (Å²) in [5, 5.41) is 4.74. The minimum Gasteiger partial charge on any atom is -0.354 e. The van der Waals surface area contributed by atoms with Crippen LogP contribution in [0, 0.1) is 0 Å². The van der Waals surface area contributed by atoms with E-state index in [0.29, 0.717) is 19.4 Å². The van der Waals surface area contributed by atoms with Crippen molar-refractivity contribution in [2.45, 2.75) is 77.5 Å². The van der Waals surface area contributed by atoms with Gasteiger partial charge < -0.3 is 10.6 Å². The largest absolute Gasteiger partial charge is 0.354 e. The highest BCUT2D eigenvalue weighted by molar-refractivity contribution is 7.92. The molecule has 0 aromatic heterocycles. The predicted molar refractivity (Wildman–Crippen MR) is 120 cm³/mol. The van der Waals surface area contributed by atoms with Crippen LogP contribution in [0.25, 0.3) is 0 Å². The Kier molecular flexibility index (Phi) is 13.9. The summed E-state index contributed by atoms with van der Waals surface area (Å²) in [6, 6.07) is -1.17. The Morgan fingerprint density at radius 3 is 2.24 bits per heavy atom. The van der Waals surface area contributed by atoms with Crippen molar-refractivity contribution in [3.8, 4) is 0 Å². The molecule has 0 aromatic carbocycles. The lowest BCUT2D eigenvalue weighted by molar-refractivity contribution is -0.126. The molecule has 0 rings (SSSR count). The van der Waals surface area contributed by atoms with Crippen molar-refractivity contribution in [3.05, 3.63) is 24.4 Å². The second-order valence-corrected chi connectivity index (χ2v) is 9.27. The Labute approximate surface area is 176 Å². The zero-order chi connectivity index (χ0) is 22.3. The second kappa shape index (κ2) is 15.0. The lowest BCUT2D eigenvalue weighted by Gasteiger charge is -2.22. The molecule has 0 aliphatic rings. The van der Waals surface area contributed by atoms with Gasteiger partial charge in [0.05, 0.1) is 11.0 Å². The zero-order valence-electron chi connectivity index (χ0n) is 18.2. The first-order valence-electron chi connectivity index (χ1n) is 10.4. The van der Waals surface area contributed by atoms with E-state index in [1.165, 1.54) is 12.3 Å². The topological polar surface area (TPSA) is 105 Å². The number of unbranched alkanes of at least 4 members (excludes halogenated alkanes) is 1. The van der Waals surface area contributed by atoms with Crippen LogP contribution < -0.4 is 10.6 Å². The molecule has 166 valence electrons.